The summed E-state index contributed by atoms with van der Waals surface area (Å²) in [6.45, 7) is 0.247. The number of hydrogen-bond donors (Lipinski definition) is 1. The Morgan fingerprint density at radius 3 is 2.72 bits per heavy atom. The summed E-state index contributed by atoms with van der Waals surface area (Å²) in [5.74, 6) is -3.28. The molecule has 3 rings (SSSR count). The molecule has 1 aromatic carbocycles. The minimum absolute atomic E-state index is 0.0203. The number of nitrogens with one attached hydrogen (secondary N) is 1. The first-order valence-corrected chi connectivity index (χ1v) is 8.43. The molecule has 1 fully saturated rings. The largest absolute Gasteiger partial charge is 0.344 e. The number of hydrogen-bond acceptors (Lipinski definition) is 3. The minimum Gasteiger partial charge on any atom is -0.344 e. The van der Waals surface area contributed by atoms with Crippen LogP contribution in [0.1, 0.15) is 22.8 Å². The Hall–Kier alpha value is -2.35. The molecule has 2 aromatic rings. The number of nitrogens with zero attached hydrogens (tertiary/aromatic N) is 1. The molecule has 132 valence electrons. The normalized spacial score (nSPS) is 20.4. The molecule has 0 aliphatic carbocycles. The van der Waals surface area contributed by atoms with E-state index in [4.69, 9.17) is 0 Å². The van der Waals surface area contributed by atoms with Crippen molar-refractivity contribution >= 4 is 28.8 Å². The van der Waals surface area contributed by atoms with Gasteiger partial charge in [-0.15, -0.1) is 11.3 Å². The highest BCUT2D eigenvalue weighted by atomic mass is 32.1. The second-order valence-electron chi connectivity index (χ2n) is 5.86. The van der Waals surface area contributed by atoms with Crippen LogP contribution in [-0.2, 0) is 9.59 Å². The molecule has 1 aromatic heterocycles. The fourth-order valence-electron chi connectivity index (χ4n) is 2.90. The molecule has 2 atom stereocenters. The highest BCUT2D eigenvalue weighted by molar-refractivity contribution is 7.10. The van der Waals surface area contributed by atoms with E-state index in [-0.39, 0.29) is 17.8 Å². The van der Waals surface area contributed by atoms with E-state index in [0.29, 0.717) is 4.88 Å². The molecule has 0 radical (unpaired) electrons. The molecule has 0 saturated carbocycles. The number of likely N-dealkylation sites (N-methyl/N-ethyl adjacent to an activating group) is 1. The van der Waals surface area contributed by atoms with Gasteiger partial charge in [0.2, 0.25) is 11.8 Å². The Labute approximate surface area is 146 Å². The molecule has 0 unspecified atom stereocenters. The van der Waals surface area contributed by atoms with E-state index >= 15 is 0 Å². The number of alkyl halides is 2. The SMILES string of the molecule is CN1C[C@H](c2cc(C(F)F)cs2)[C@@H](C(=O)Nc2ccccc2F)C1=O. The summed E-state index contributed by atoms with van der Waals surface area (Å²) in [5, 5.41) is 3.76. The van der Waals surface area contributed by atoms with Gasteiger partial charge in [-0.1, -0.05) is 12.1 Å². The second-order valence-corrected chi connectivity index (χ2v) is 6.80. The van der Waals surface area contributed by atoms with Crippen molar-refractivity contribution in [3.8, 4) is 0 Å². The first kappa shape index (κ1) is 17.5. The number of carbonyl (C=O) groups is 2. The van der Waals surface area contributed by atoms with Gasteiger partial charge in [-0.25, -0.2) is 13.2 Å². The number of halogens is 3. The molecule has 25 heavy (non-hydrogen) atoms. The maximum absolute atomic E-state index is 13.7. The third-order valence-electron chi connectivity index (χ3n) is 4.19. The molecule has 1 N–H and O–H groups in total. The van der Waals surface area contributed by atoms with Crippen LogP contribution >= 0.6 is 11.3 Å². The van der Waals surface area contributed by atoms with Crippen LogP contribution < -0.4 is 5.32 Å². The Morgan fingerprint density at radius 2 is 2.08 bits per heavy atom. The summed E-state index contributed by atoms with van der Waals surface area (Å²) in [6.07, 6.45) is -2.61. The minimum atomic E-state index is -2.61. The molecule has 0 spiro atoms. The van der Waals surface area contributed by atoms with E-state index in [0.717, 1.165) is 11.3 Å². The van der Waals surface area contributed by atoms with Crippen LogP contribution in [0.3, 0.4) is 0 Å². The molecule has 4 nitrogen and oxygen atoms in total. The van der Waals surface area contributed by atoms with Crippen molar-refractivity contribution in [1.82, 2.24) is 4.90 Å². The predicted molar refractivity (Wildman–Crippen MR) is 88.2 cm³/mol. The fraction of sp³-hybridized carbons (Fsp3) is 0.294. The van der Waals surface area contributed by atoms with E-state index in [1.807, 2.05) is 0 Å². The lowest BCUT2D eigenvalue weighted by molar-refractivity contribution is -0.135. The number of benzene rings is 1. The van der Waals surface area contributed by atoms with E-state index in [1.54, 1.807) is 13.1 Å². The zero-order valence-corrected chi connectivity index (χ0v) is 14.0. The van der Waals surface area contributed by atoms with Crippen molar-refractivity contribution in [2.45, 2.75) is 12.3 Å². The summed E-state index contributed by atoms with van der Waals surface area (Å²) in [7, 11) is 1.55. The van der Waals surface area contributed by atoms with E-state index in [2.05, 4.69) is 5.32 Å². The third-order valence-corrected chi connectivity index (χ3v) is 5.27. The summed E-state index contributed by atoms with van der Waals surface area (Å²) in [6, 6.07) is 6.97. The maximum Gasteiger partial charge on any atom is 0.264 e. The first-order chi connectivity index (χ1) is 11.9. The highest BCUT2D eigenvalue weighted by Gasteiger charge is 2.45. The number of anilines is 1. The smallest absolute Gasteiger partial charge is 0.264 e. The summed E-state index contributed by atoms with van der Waals surface area (Å²) < 4.78 is 39.4. The van der Waals surface area contributed by atoms with Gasteiger partial charge in [0.1, 0.15) is 11.7 Å². The Kier molecular flexibility index (Phi) is 4.80. The van der Waals surface area contributed by atoms with Crippen LogP contribution in [-0.4, -0.2) is 30.3 Å². The zero-order chi connectivity index (χ0) is 18.1. The van der Waals surface area contributed by atoms with E-state index in [1.165, 1.54) is 34.5 Å². The first-order valence-electron chi connectivity index (χ1n) is 7.55. The van der Waals surface area contributed by atoms with Gasteiger partial charge < -0.3 is 10.2 Å². The number of rotatable bonds is 4. The van der Waals surface area contributed by atoms with Crippen LogP contribution in [0, 0.1) is 11.7 Å². The lowest BCUT2D eigenvalue weighted by atomic mass is 9.92. The average molecular weight is 368 g/mol. The molecule has 8 heteroatoms. The number of para-hydroxylation sites is 1. The Morgan fingerprint density at radius 1 is 1.36 bits per heavy atom. The van der Waals surface area contributed by atoms with Gasteiger partial charge in [0.05, 0.1) is 5.69 Å². The van der Waals surface area contributed by atoms with Gasteiger partial charge in [-0.05, 0) is 23.6 Å². The van der Waals surface area contributed by atoms with Crippen molar-refractivity contribution in [2.75, 3.05) is 18.9 Å². The van der Waals surface area contributed by atoms with Gasteiger partial charge in [0, 0.05) is 30.0 Å². The molecular weight excluding hydrogens is 353 g/mol. The molecule has 2 amide bonds. The van der Waals surface area contributed by atoms with Crippen LogP contribution in [0.5, 0.6) is 0 Å². The predicted octanol–water partition coefficient (Wildman–Crippen LogP) is 3.64. The Balaban J connectivity index is 1.86. The molecule has 2 heterocycles. The van der Waals surface area contributed by atoms with Crippen molar-refractivity contribution < 1.29 is 22.8 Å². The monoisotopic (exact) mass is 368 g/mol. The van der Waals surface area contributed by atoms with Crippen molar-refractivity contribution in [3.05, 3.63) is 52.0 Å². The summed E-state index contributed by atoms with van der Waals surface area (Å²) >= 11 is 1.10. The molecule has 1 saturated heterocycles. The summed E-state index contributed by atoms with van der Waals surface area (Å²) in [4.78, 5) is 26.9. The highest BCUT2D eigenvalue weighted by Crippen LogP contribution is 2.38. The zero-order valence-electron chi connectivity index (χ0n) is 13.2. The molecular formula is C17H15F3N2O2S. The summed E-state index contributed by atoms with van der Waals surface area (Å²) in [5.41, 5.74) is -0.150. The average Bonchev–Trinajstić information content (AvgIpc) is 3.16. The topological polar surface area (TPSA) is 49.4 Å². The standard InChI is InChI=1S/C17H15F3N2O2S/c1-22-7-10(13-6-9(8-25-13)15(19)20)14(17(22)24)16(23)21-12-5-3-2-4-11(12)18/h2-6,8,10,14-15H,7H2,1H3,(H,21,23)/t10-,14+/m1/s1. The number of carbonyl (C=O) groups excluding carboxylic acids is 2. The van der Waals surface area contributed by atoms with Gasteiger partial charge in [-0.2, -0.15) is 0 Å². The molecule has 0 bridgehead atoms. The van der Waals surface area contributed by atoms with Crippen LogP contribution in [0.25, 0.3) is 0 Å². The lowest BCUT2D eigenvalue weighted by Crippen LogP contribution is -2.32. The van der Waals surface area contributed by atoms with Crippen molar-refractivity contribution in [1.29, 1.82) is 0 Å². The van der Waals surface area contributed by atoms with E-state index in [9.17, 15) is 22.8 Å². The quantitative estimate of drug-likeness (QED) is 0.838. The number of thiophene rings is 1. The second kappa shape index (κ2) is 6.87. The third kappa shape index (κ3) is 3.39. The van der Waals surface area contributed by atoms with Gasteiger partial charge in [0.15, 0.2) is 0 Å². The number of likely N-dealkylation sites (tertiary alicyclic amines) is 1. The van der Waals surface area contributed by atoms with E-state index < -0.39 is 35.9 Å². The van der Waals surface area contributed by atoms with Gasteiger partial charge >= 0.3 is 0 Å². The van der Waals surface area contributed by atoms with Gasteiger partial charge in [-0.3, -0.25) is 9.59 Å². The molecule has 1 aliphatic rings. The van der Waals surface area contributed by atoms with Crippen LogP contribution in [0.15, 0.2) is 35.7 Å². The number of amides is 2. The fourth-order valence-corrected chi connectivity index (χ4v) is 3.93. The van der Waals surface area contributed by atoms with Crippen molar-refractivity contribution in [3.63, 3.8) is 0 Å². The lowest BCUT2D eigenvalue weighted by Gasteiger charge is -2.15. The molecule has 1 aliphatic heterocycles. The van der Waals surface area contributed by atoms with Crippen LogP contribution in [0.2, 0.25) is 0 Å². The van der Waals surface area contributed by atoms with Crippen LogP contribution in [0.4, 0.5) is 18.9 Å². The van der Waals surface area contributed by atoms with Gasteiger partial charge in [0.25, 0.3) is 6.43 Å². The van der Waals surface area contributed by atoms with Crippen molar-refractivity contribution in [2.24, 2.45) is 5.92 Å². The maximum atomic E-state index is 13.7. The Bertz CT molecular complexity index is 809.